The molecule has 3 N–H and O–H groups in total. The average molecular weight is 206 g/mol. The highest BCUT2D eigenvalue weighted by Crippen LogP contribution is 2.13. The zero-order chi connectivity index (χ0) is 10.5. The molecule has 0 saturated carbocycles. The summed E-state index contributed by atoms with van der Waals surface area (Å²) < 4.78 is 0. The Labute approximate surface area is 90.5 Å². The van der Waals surface area contributed by atoms with Crippen LogP contribution >= 0.6 is 0 Å². The van der Waals surface area contributed by atoms with Crippen LogP contribution in [0.4, 0.5) is 0 Å². The normalized spacial score (nSPS) is 22.9. The van der Waals surface area contributed by atoms with Gasteiger partial charge in [0, 0.05) is 12.6 Å². The van der Waals surface area contributed by atoms with Gasteiger partial charge in [-0.2, -0.15) is 0 Å². The number of rotatable bonds is 4. The van der Waals surface area contributed by atoms with Crippen LogP contribution in [0.2, 0.25) is 0 Å². The molecule has 3 heteroatoms. The Morgan fingerprint density at radius 2 is 2.20 bits per heavy atom. The van der Waals surface area contributed by atoms with Crippen molar-refractivity contribution in [2.45, 2.75) is 18.5 Å². The van der Waals surface area contributed by atoms with Crippen molar-refractivity contribution in [2.75, 3.05) is 19.7 Å². The van der Waals surface area contributed by atoms with Crippen molar-refractivity contribution in [3.63, 3.8) is 0 Å². The summed E-state index contributed by atoms with van der Waals surface area (Å²) in [4.78, 5) is 0. The van der Waals surface area contributed by atoms with Crippen molar-refractivity contribution in [3.05, 3.63) is 35.9 Å². The number of benzene rings is 1. The molecule has 1 aromatic carbocycles. The van der Waals surface area contributed by atoms with Gasteiger partial charge in [0.05, 0.1) is 12.6 Å². The fourth-order valence-corrected chi connectivity index (χ4v) is 2.02. The Balaban J connectivity index is 1.97. The van der Waals surface area contributed by atoms with Crippen molar-refractivity contribution >= 4 is 0 Å². The van der Waals surface area contributed by atoms with E-state index in [4.69, 9.17) is 0 Å². The molecular weight excluding hydrogens is 188 g/mol. The fraction of sp³-hybridized carbons (Fsp3) is 0.500. The van der Waals surface area contributed by atoms with Gasteiger partial charge in [0.2, 0.25) is 0 Å². The first-order valence-corrected chi connectivity index (χ1v) is 5.52. The second-order valence-electron chi connectivity index (χ2n) is 4.00. The van der Waals surface area contributed by atoms with Gasteiger partial charge >= 0.3 is 0 Å². The highest BCUT2D eigenvalue weighted by molar-refractivity contribution is 5.19. The van der Waals surface area contributed by atoms with Crippen LogP contribution < -0.4 is 10.6 Å². The quantitative estimate of drug-likeness (QED) is 0.678. The van der Waals surface area contributed by atoms with E-state index in [0.29, 0.717) is 6.04 Å². The summed E-state index contributed by atoms with van der Waals surface area (Å²) in [6.45, 7) is 2.23. The van der Waals surface area contributed by atoms with Crippen LogP contribution in [-0.2, 0) is 0 Å². The first-order valence-electron chi connectivity index (χ1n) is 5.52. The molecule has 0 bridgehead atoms. The molecule has 1 fully saturated rings. The van der Waals surface area contributed by atoms with Crippen LogP contribution in [0, 0.1) is 0 Å². The lowest BCUT2D eigenvalue weighted by molar-refractivity contribution is 0.235. The number of nitrogens with one attached hydrogen (secondary N) is 2. The second kappa shape index (κ2) is 5.26. The van der Waals surface area contributed by atoms with Gasteiger partial charge in [-0.25, -0.2) is 0 Å². The molecule has 1 aromatic rings. The molecule has 2 atom stereocenters. The molecule has 0 aliphatic carbocycles. The maximum absolute atomic E-state index is 9.36. The standard InChI is InChI=1S/C12H18N2O/c15-9-12(10-4-2-1-3-5-10)14-11-6-7-13-8-11/h1-5,11-15H,6-9H2/t11?,12-/m0/s1. The molecule has 0 aromatic heterocycles. The van der Waals surface area contributed by atoms with Crippen LogP contribution in [0.3, 0.4) is 0 Å². The van der Waals surface area contributed by atoms with E-state index in [2.05, 4.69) is 22.8 Å². The van der Waals surface area contributed by atoms with Crippen molar-refractivity contribution in [3.8, 4) is 0 Å². The van der Waals surface area contributed by atoms with E-state index >= 15 is 0 Å². The first kappa shape index (κ1) is 10.6. The van der Waals surface area contributed by atoms with E-state index in [1.807, 2.05) is 18.2 Å². The zero-order valence-corrected chi connectivity index (χ0v) is 8.82. The van der Waals surface area contributed by atoms with Gasteiger partial charge in [0.25, 0.3) is 0 Å². The third-order valence-corrected chi connectivity index (χ3v) is 2.88. The molecule has 1 saturated heterocycles. The summed E-state index contributed by atoms with van der Waals surface area (Å²) in [6, 6.07) is 10.7. The largest absolute Gasteiger partial charge is 0.394 e. The number of hydrogen-bond acceptors (Lipinski definition) is 3. The molecule has 0 amide bonds. The Bertz CT molecular complexity index is 283. The molecule has 15 heavy (non-hydrogen) atoms. The zero-order valence-electron chi connectivity index (χ0n) is 8.82. The van der Waals surface area contributed by atoms with Crippen LogP contribution in [0.15, 0.2) is 30.3 Å². The third kappa shape index (κ3) is 2.78. The monoisotopic (exact) mass is 206 g/mol. The molecular formula is C12H18N2O. The predicted octanol–water partition coefficient (Wildman–Crippen LogP) is 0.671. The summed E-state index contributed by atoms with van der Waals surface area (Å²) >= 11 is 0. The SMILES string of the molecule is OC[C@H](NC1CCNC1)c1ccccc1. The minimum atomic E-state index is 0.0658. The molecule has 1 aliphatic rings. The average Bonchev–Trinajstić information content (AvgIpc) is 2.80. The van der Waals surface area contributed by atoms with E-state index in [1.165, 1.54) is 0 Å². The lowest BCUT2D eigenvalue weighted by Gasteiger charge is -2.20. The topological polar surface area (TPSA) is 44.3 Å². The van der Waals surface area contributed by atoms with Gasteiger partial charge in [0.1, 0.15) is 0 Å². The minimum Gasteiger partial charge on any atom is -0.394 e. The maximum Gasteiger partial charge on any atom is 0.0626 e. The molecule has 1 aliphatic heterocycles. The van der Waals surface area contributed by atoms with Crippen molar-refractivity contribution < 1.29 is 5.11 Å². The summed E-state index contributed by atoms with van der Waals surface area (Å²) in [6.07, 6.45) is 1.14. The highest BCUT2D eigenvalue weighted by atomic mass is 16.3. The van der Waals surface area contributed by atoms with Gasteiger partial charge in [-0.15, -0.1) is 0 Å². The minimum absolute atomic E-state index is 0.0658. The summed E-state index contributed by atoms with van der Waals surface area (Å²) in [7, 11) is 0. The van der Waals surface area contributed by atoms with Crippen molar-refractivity contribution in [1.29, 1.82) is 0 Å². The van der Waals surface area contributed by atoms with Crippen LogP contribution in [0.1, 0.15) is 18.0 Å². The van der Waals surface area contributed by atoms with E-state index < -0.39 is 0 Å². The second-order valence-corrected chi connectivity index (χ2v) is 4.00. The summed E-state index contributed by atoms with van der Waals surface area (Å²) in [5, 5.41) is 16.1. The molecule has 0 radical (unpaired) electrons. The Morgan fingerprint density at radius 1 is 1.40 bits per heavy atom. The fourth-order valence-electron chi connectivity index (χ4n) is 2.02. The van der Waals surface area contributed by atoms with E-state index in [1.54, 1.807) is 0 Å². The summed E-state index contributed by atoms with van der Waals surface area (Å²) in [5.74, 6) is 0. The molecule has 2 rings (SSSR count). The smallest absolute Gasteiger partial charge is 0.0626 e. The third-order valence-electron chi connectivity index (χ3n) is 2.88. The van der Waals surface area contributed by atoms with Gasteiger partial charge in [-0.3, -0.25) is 0 Å². The van der Waals surface area contributed by atoms with Gasteiger partial charge < -0.3 is 15.7 Å². The van der Waals surface area contributed by atoms with Gasteiger partial charge in [0.15, 0.2) is 0 Å². The highest BCUT2D eigenvalue weighted by Gasteiger charge is 2.18. The predicted molar refractivity (Wildman–Crippen MR) is 60.7 cm³/mol. The Hall–Kier alpha value is -0.900. The Kier molecular flexibility index (Phi) is 3.72. The lowest BCUT2D eigenvalue weighted by atomic mass is 10.1. The Morgan fingerprint density at radius 3 is 2.80 bits per heavy atom. The van der Waals surface area contributed by atoms with Crippen LogP contribution in [-0.4, -0.2) is 30.8 Å². The number of hydrogen-bond donors (Lipinski definition) is 3. The first-order chi connectivity index (χ1) is 7.40. The van der Waals surface area contributed by atoms with Gasteiger partial charge in [-0.05, 0) is 18.5 Å². The lowest BCUT2D eigenvalue weighted by Crippen LogP contribution is -2.36. The molecule has 3 nitrogen and oxygen atoms in total. The molecule has 82 valence electrons. The maximum atomic E-state index is 9.36. The molecule has 0 spiro atoms. The van der Waals surface area contributed by atoms with Crippen molar-refractivity contribution in [1.82, 2.24) is 10.6 Å². The summed E-state index contributed by atoms with van der Waals surface area (Å²) in [5.41, 5.74) is 1.16. The van der Waals surface area contributed by atoms with E-state index in [-0.39, 0.29) is 12.6 Å². The van der Waals surface area contributed by atoms with Crippen molar-refractivity contribution in [2.24, 2.45) is 0 Å². The van der Waals surface area contributed by atoms with Gasteiger partial charge in [-0.1, -0.05) is 30.3 Å². The molecule has 1 unspecified atom stereocenters. The van der Waals surface area contributed by atoms with E-state index in [9.17, 15) is 5.11 Å². The molecule has 1 heterocycles. The van der Waals surface area contributed by atoms with Crippen LogP contribution in [0.5, 0.6) is 0 Å². The van der Waals surface area contributed by atoms with Crippen LogP contribution in [0.25, 0.3) is 0 Å². The number of aliphatic hydroxyl groups is 1. The van der Waals surface area contributed by atoms with E-state index in [0.717, 1.165) is 25.1 Å². The number of aliphatic hydroxyl groups excluding tert-OH is 1.